The second-order valence-corrected chi connectivity index (χ2v) is 27.1. The molecule has 4 fully saturated rings. The van der Waals surface area contributed by atoms with Gasteiger partial charge >= 0.3 is 0 Å². The van der Waals surface area contributed by atoms with Crippen LogP contribution in [0.1, 0.15) is 100 Å². The molecule has 0 aromatic rings. The van der Waals surface area contributed by atoms with Crippen LogP contribution >= 0.6 is 0 Å². The van der Waals surface area contributed by atoms with Crippen LogP contribution in [0.3, 0.4) is 0 Å². The molecule has 234 valence electrons. The average molecular weight is 597 g/mol. The van der Waals surface area contributed by atoms with Crippen LogP contribution in [0.2, 0.25) is 36.3 Å². The molecule has 1 N–H and O–H groups in total. The Morgan fingerprint density at radius 3 is 1.93 bits per heavy atom. The fraction of sp³-hybridized carbons (Fsp3) is 1.00. The third-order valence-electron chi connectivity index (χ3n) is 13.5. The Bertz CT molecular complexity index is 886. The first-order valence-electron chi connectivity index (χ1n) is 16.4. The van der Waals surface area contributed by atoms with Gasteiger partial charge in [-0.05, 0) is 104 Å². The second-order valence-electron chi connectivity index (χ2n) is 17.6. The molecule has 0 amide bonds. The molecule has 5 nitrogen and oxygen atoms in total. The van der Waals surface area contributed by atoms with E-state index in [0.717, 1.165) is 51.6 Å². The highest BCUT2D eigenvalue weighted by Crippen LogP contribution is 2.67. The van der Waals surface area contributed by atoms with Crippen molar-refractivity contribution in [3.05, 3.63) is 0 Å². The van der Waals surface area contributed by atoms with Crippen LogP contribution in [0.15, 0.2) is 0 Å². The van der Waals surface area contributed by atoms with Gasteiger partial charge in [-0.3, -0.25) is 0 Å². The SMILES string of the molecule is CC(C)(C)[Si](C)(C)OC[C@H]1C[C@@H](O[Si](C)(C)C(C)(C)C)CC[C@]1(C)[C@H]1CC[C@@]2(C)[C@@H](CCC23OCCO3)[C@@H]1CO. The molecule has 1 heterocycles. The molecule has 0 radical (unpaired) electrons. The lowest BCUT2D eigenvalue weighted by atomic mass is 9.49. The largest absolute Gasteiger partial charge is 0.417 e. The number of hydrogen-bond donors (Lipinski definition) is 1. The van der Waals surface area contributed by atoms with Crippen LogP contribution in [-0.2, 0) is 18.3 Å². The first kappa shape index (κ1) is 33.1. The number of aliphatic hydroxyl groups excluding tert-OH is 1. The van der Waals surface area contributed by atoms with Crippen molar-refractivity contribution in [2.75, 3.05) is 26.4 Å². The Morgan fingerprint density at radius 2 is 1.38 bits per heavy atom. The summed E-state index contributed by atoms with van der Waals surface area (Å²) >= 11 is 0. The van der Waals surface area contributed by atoms with Crippen LogP contribution in [0.4, 0.5) is 0 Å². The summed E-state index contributed by atoms with van der Waals surface area (Å²) in [5.41, 5.74) is 0.108. The summed E-state index contributed by atoms with van der Waals surface area (Å²) in [6.07, 6.45) is 7.96. The van der Waals surface area contributed by atoms with Crippen LogP contribution in [0.25, 0.3) is 0 Å². The van der Waals surface area contributed by atoms with Gasteiger partial charge < -0.3 is 23.4 Å². The minimum absolute atomic E-state index is 0.0143. The summed E-state index contributed by atoms with van der Waals surface area (Å²) in [7, 11) is -3.76. The average Bonchev–Trinajstić information content (AvgIpc) is 3.43. The molecule has 0 bridgehead atoms. The number of aliphatic hydroxyl groups is 1. The van der Waals surface area contributed by atoms with E-state index < -0.39 is 22.4 Å². The molecule has 3 aliphatic carbocycles. The van der Waals surface area contributed by atoms with Crippen molar-refractivity contribution in [2.45, 2.75) is 148 Å². The molecule has 1 spiro atoms. The highest BCUT2D eigenvalue weighted by atomic mass is 28.4. The topological polar surface area (TPSA) is 57.2 Å². The minimum Gasteiger partial charge on any atom is -0.417 e. The lowest BCUT2D eigenvalue weighted by Gasteiger charge is -2.58. The second kappa shape index (κ2) is 11.0. The van der Waals surface area contributed by atoms with Crippen LogP contribution in [0, 0.1) is 34.5 Å². The van der Waals surface area contributed by atoms with Crippen molar-refractivity contribution in [3.63, 3.8) is 0 Å². The fourth-order valence-electron chi connectivity index (χ4n) is 8.60. The predicted octanol–water partition coefficient (Wildman–Crippen LogP) is 8.38. The Kier molecular flexibility index (Phi) is 9.10. The van der Waals surface area contributed by atoms with Crippen molar-refractivity contribution < 1.29 is 23.4 Å². The van der Waals surface area contributed by atoms with Gasteiger partial charge in [-0.25, -0.2) is 0 Å². The molecule has 4 aliphatic rings. The Hall–Kier alpha value is 0.234. The van der Waals surface area contributed by atoms with E-state index in [1.54, 1.807) is 0 Å². The maximum Gasteiger partial charge on any atom is 0.192 e. The van der Waals surface area contributed by atoms with Gasteiger partial charge in [0.05, 0.1) is 13.2 Å². The summed E-state index contributed by atoms with van der Waals surface area (Å²) in [6.45, 7) is 31.1. The number of hydrogen-bond acceptors (Lipinski definition) is 5. The van der Waals surface area contributed by atoms with E-state index >= 15 is 0 Å². The zero-order chi connectivity index (χ0) is 30.0. The van der Waals surface area contributed by atoms with Crippen molar-refractivity contribution in [1.29, 1.82) is 0 Å². The quantitative estimate of drug-likeness (QED) is 0.299. The third-order valence-corrected chi connectivity index (χ3v) is 22.5. The van der Waals surface area contributed by atoms with E-state index in [4.69, 9.17) is 18.3 Å². The van der Waals surface area contributed by atoms with Crippen molar-refractivity contribution in [1.82, 2.24) is 0 Å². The maximum absolute atomic E-state index is 11.0. The smallest absolute Gasteiger partial charge is 0.192 e. The molecule has 0 aromatic carbocycles. The molecule has 0 unspecified atom stereocenters. The number of ether oxygens (including phenoxy) is 2. The van der Waals surface area contributed by atoms with Gasteiger partial charge in [0.15, 0.2) is 22.4 Å². The standard InChI is InChI=1S/C33H64O5Si2/c1-29(2,3)39(9,10)37-23-24-21-25(38-40(11,12)30(4,5)6)13-16-31(24,7)27-14-17-32(8)28(26(27)22-34)15-18-33(32)35-19-20-36-33/h24-28,34H,13-23H2,1-12H3/t24-,25+,26-,27+,28+,31+,32+/m1/s1. The zero-order valence-electron chi connectivity index (χ0n) is 28.2. The van der Waals surface area contributed by atoms with Gasteiger partial charge in [-0.1, -0.05) is 55.4 Å². The van der Waals surface area contributed by atoms with Crippen molar-refractivity contribution in [3.8, 4) is 0 Å². The molecule has 1 aliphatic heterocycles. The predicted molar refractivity (Wildman–Crippen MR) is 169 cm³/mol. The Morgan fingerprint density at radius 1 is 0.800 bits per heavy atom. The van der Waals surface area contributed by atoms with Gasteiger partial charge in [-0.15, -0.1) is 0 Å². The highest BCUT2D eigenvalue weighted by molar-refractivity contribution is 6.74. The Labute approximate surface area is 249 Å². The van der Waals surface area contributed by atoms with E-state index in [0.29, 0.717) is 37.1 Å². The fourth-order valence-corrected chi connectivity index (χ4v) is 11.1. The molecule has 3 saturated carbocycles. The van der Waals surface area contributed by atoms with Gasteiger partial charge in [0.1, 0.15) is 0 Å². The van der Waals surface area contributed by atoms with Crippen molar-refractivity contribution in [2.24, 2.45) is 34.5 Å². The monoisotopic (exact) mass is 596 g/mol. The first-order valence-corrected chi connectivity index (χ1v) is 22.3. The van der Waals surface area contributed by atoms with E-state index in [2.05, 4.69) is 81.6 Å². The molecule has 7 heteroatoms. The van der Waals surface area contributed by atoms with Crippen LogP contribution < -0.4 is 0 Å². The maximum atomic E-state index is 11.0. The molecular weight excluding hydrogens is 533 g/mol. The lowest BCUT2D eigenvalue weighted by molar-refractivity contribution is -0.245. The minimum atomic E-state index is -1.89. The summed E-state index contributed by atoms with van der Waals surface area (Å²) in [6, 6.07) is 0. The number of rotatable bonds is 7. The van der Waals surface area contributed by atoms with Crippen LogP contribution in [-0.4, -0.2) is 60.1 Å². The summed E-state index contributed by atoms with van der Waals surface area (Å²) in [5.74, 6) is 1.20. The molecule has 1 saturated heterocycles. The number of fused-ring (bicyclic) bond motifs is 2. The lowest BCUT2D eigenvalue weighted by Crippen LogP contribution is -2.57. The molecule has 4 rings (SSSR count). The van der Waals surface area contributed by atoms with Gasteiger partial charge in [0, 0.05) is 31.2 Å². The first-order chi connectivity index (χ1) is 18.2. The van der Waals surface area contributed by atoms with E-state index in [9.17, 15) is 5.11 Å². The Balaban J connectivity index is 1.61. The molecular formula is C33H64O5Si2. The highest BCUT2D eigenvalue weighted by Gasteiger charge is 2.66. The summed E-state index contributed by atoms with van der Waals surface area (Å²) in [5, 5.41) is 11.4. The molecule has 0 aromatic heterocycles. The summed E-state index contributed by atoms with van der Waals surface area (Å²) < 4.78 is 26.8. The van der Waals surface area contributed by atoms with E-state index in [1.807, 2.05) is 0 Å². The summed E-state index contributed by atoms with van der Waals surface area (Å²) in [4.78, 5) is 0. The van der Waals surface area contributed by atoms with Gasteiger partial charge in [0.25, 0.3) is 0 Å². The zero-order valence-corrected chi connectivity index (χ0v) is 30.2. The normalized spacial score (nSPS) is 39.1. The molecule has 40 heavy (non-hydrogen) atoms. The van der Waals surface area contributed by atoms with Gasteiger partial charge in [-0.2, -0.15) is 0 Å². The van der Waals surface area contributed by atoms with Gasteiger partial charge in [0.2, 0.25) is 0 Å². The van der Waals surface area contributed by atoms with Crippen LogP contribution in [0.5, 0.6) is 0 Å². The molecule has 7 atom stereocenters. The third kappa shape index (κ3) is 5.61. The van der Waals surface area contributed by atoms with E-state index in [1.165, 1.54) is 0 Å². The van der Waals surface area contributed by atoms with E-state index in [-0.39, 0.29) is 33.4 Å². The van der Waals surface area contributed by atoms with Crippen molar-refractivity contribution >= 4 is 16.6 Å².